The molecule has 2 rings (SSSR count). The molecule has 0 amide bonds. The summed E-state index contributed by atoms with van der Waals surface area (Å²) in [6, 6.07) is 2.44. The van der Waals surface area contributed by atoms with Gasteiger partial charge in [0.15, 0.2) is 0 Å². The van der Waals surface area contributed by atoms with E-state index in [1.807, 2.05) is 6.07 Å². The molecule has 1 N–H and O–H groups in total. The molecule has 1 saturated heterocycles. The summed E-state index contributed by atoms with van der Waals surface area (Å²) in [6.45, 7) is 1.85. The SMILES string of the molecule is Brc1cncc(OC[C@@H]2CCCN2)c1. The van der Waals surface area contributed by atoms with E-state index < -0.39 is 0 Å². The number of nitrogens with one attached hydrogen (secondary N) is 1. The number of ether oxygens (including phenoxy) is 1. The van der Waals surface area contributed by atoms with Crippen LogP contribution in [0.3, 0.4) is 0 Å². The maximum absolute atomic E-state index is 5.62. The van der Waals surface area contributed by atoms with Crippen molar-refractivity contribution in [1.82, 2.24) is 10.3 Å². The third-order valence-electron chi connectivity index (χ3n) is 2.29. The zero-order chi connectivity index (χ0) is 9.80. The smallest absolute Gasteiger partial charge is 0.138 e. The Kier molecular flexibility index (Phi) is 3.37. The van der Waals surface area contributed by atoms with Crippen LogP contribution in [0.5, 0.6) is 5.75 Å². The molecule has 0 bridgehead atoms. The highest BCUT2D eigenvalue weighted by Gasteiger charge is 2.14. The number of hydrogen-bond acceptors (Lipinski definition) is 3. The molecule has 3 nitrogen and oxygen atoms in total. The van der Waals surface area contributed by atoms with Crippen molar-refractivity contribution in [3.05, 3.63) is 22.9 Å². The second-order valence-electron chi connectivity index (χ2n) is 3.44. The van der Waals surface area contributed by atoms with Crippen LogP contribution in [0.25, 0.3) is 0 Å². The van der Waals surface area contributed by atoms with Gasteiger partial charge in [0.25, 0.3) is 0 Å². The van der Waals surface area contributed by atoms with Crippen LogP contribution in [-0.4, -0.2) is 24.2 Å². The molecule has 1 aliphatic heterocycles. The van der Waals surface area contributed by atoms with E-state index >= 15 is 0 Å². The molecule has 0 unspecified atom stereocenters. The molecule has 0 spiro atoms. The van der Waals surface area contributed by atoms with E-state index in [9.17, 15) is 0 Å². The Morgan fingerprint density at radius 2 is 2.50 bits per heavy atom. The largest absolute Gasteiger partial charge is 0.490 e. The molecule has 1 aromatic rings. The Morgan fingerprint density at radius 3 is 3.21 bits per heavy atom. The molecular weight excluding hydrogens is 244 g/mol. The molecule has 76 valence electrons. The van der Waals surface area contributed by atoms with E-state index in [0.29, 0.717) is 6.04 Å². The van der Waals surface area contributed by atoms with E-state index in [4.69, 9.17) is 4.74 Å². The Morgan fingerprint density at radius 1 is 1.57 bits per heavy atom. The van der Waals surface area contributed by atoms with Gasteiger partial charge in [-0.1, -0.05) is 0 Å². The minimum Gasteiger partial charge on any atom is -0.490 e. The average molecular weight is 257 g/mol. The molecule has 4 heteroatoms. The second kappa shape index (κ2) is 4.75. The lowest BCUT2D eigenvalue weighted by atomic mass is 10.2. The van der Waals surface area contributed by atoms with Crippen molar-refractivity contribution in [2.45, 2.75) is 18.9 Å². The quantitative estimate of drug-likeness (QED) is 0.898. The first-order valence-electron chi connectivity index (χ1n) is 4.81. The number of nitrogens with zero attached hydrogens (tertiary/aromatic N) is 1. The Bertz CT molecular complexity index is 300. The van der Waals surface area contributed by atoms with Crippen molar-refractivity contribution in [1.29, 1.82) is 0 Å². The molecule has 1 aliphatic rings. The molecular formula is C10H13BrN2O. The maximum atomic E-state index is 5.62. The van der Waals surface area contributed by atoms with Crippen molar-refractivity contribution in [3.8, 4) is 5.75 Å². The molecule has 0 radical (unpaired) electrons. The first-order chi connectivity index (χ1) is 6.84. The normalized spacial score (nSPS) is 21.1. The van der Waals surface area contributed by atoms with Crippen molar-refractivity contribution >= 4 is 15.9 Å². The van der Waals surface area contributed by atoms with Crippen molar-refractivity contribution in [2.75, 3.05) is 13.2 Å². The molecule has 1 atom stereocenters. The van der Waals surface area contributed by atoms with Gasteiger partial charge in [0.05, 0.1) is 6.20 Å². The van der Waals surface area contributed by atoms with Crippen LogP contribution in [-0.2, 0) is 0 Å². The predicted molar refractivity (Wildman–Crippen MR) is 58.5 cm³/mol. The van der Waals surface area contributed by atoms with Gasteiger partial charge in [0.2, 0.25) is 0 Å². The van der Waals surface area contributed by atoms with Crippen molar-refractivity contribution in [3.63, 3.8) is 0 Å². The number of halogens is 1. The third kappa shape index (κ3) is 2.69. The third-order valence-corrected chi connectivity index (χ3v) is 2.73. The van der Waals surface area contributed by atoms with E-state index in [-0.39, 0.29) is 0 Å². The standard InChI is InChI=1S/C10H13BrN2O/c11-8-4-10(6-12-5-8)14-7-9-2-1-3-13-9/h4-6,9,13H,1-3,7H2/t9-/m0/s1. The summed E-state index contributed by atoms with van der Waals surface area (Å²) in [5.74, 6) is 0.827. The zero-order valence-corrected chi connectivity index (χ0v) is 9.46. The van der Waals surface area contributed by atoms with E-state index in [0.717, 1.165) is 23.4 Å². The number of rotatable bonds is 3. The van der Waals surface area contributed by atoms with Crippen LogP contribution in [0.15, 0.2) is 22.9 Å². The lowest BCUT2D eigenvalue weighted by Gasteiger charge is -2.11. The Balaban J connectivity index is 1.85. The molecule has 0 saturated carbocycles. The van der Waals surface area contributed by atoms with Crippen LogP contribution < -0.4 is 10.1 Å². The topological polar surface area (TPSA) is 34.1 Å². The second-order valence-corrected chi connectivity index (χ2v) is 4.36. The molecule has 0 aliphatic carbocycles. The van der Waals surface area contributed by atoms with E-state index in [1.54, 1.807) is 12.4 Å². The van der Waals surface area contributed by atoms with Gasteiger partial charge in [0.1, 0.15) is 12.4 Å². The van der Waals surface area contributed by atoms with Gasteiger partial charge in [0, 0.05) is 16.7 Å². The highest BCUT2D eigenvalue weighted by Crippen LogP contribution is 2.16. The summed E-state index contributed by atoms with van der Waals surface area (Å²) in [5.41, 5.74) is 0. The predicted octanol–water partition coefficient (Wildman–Crippen LogP) is 1.97. The summed E-state index contributed by atoms with van der Waals surface area (Å²) >= 11 is 3.36. The highest BCUT2D eigenvalue weighted by atomic mass is 79.9. The molecule has 2 heterocycles. The van der Waals surface area contributed by atoms with Crippen LogP contribution in [0.2, 0.25) is 0 Å². The lowest BCUT2D eigenvalue weighted by Crippen LogP contribution is -2.28. The molecule has 1 aromatic heterocycles. The number of aromatic nitrogens is 1. The fourth-order valence-electron chi connectivity index (χ4n) is 1.57. The van der Waals surface area contributed by atoms with Gasteiger partial charge in [-0.2, -0.15) is 0 Å². The Labute approximate surface area is 92.0 Å². The fraction of sp³-hybridized carbons (Fsp3) is 0.500. The van der Waals surface area contributed by atoms with Gasteiger partial charge in [-0.3, -0.25) is 4.98 Å². The average Bonchev–Trinajstić information content (AvgIpc) is 2.67. The number of pyridine rings is 1. The molecule has 1 fully saturated rings. The summed E-state index contributed by atoms with van der Waals surface area (Å²) in [4.78, 5) is 4.04. The van der Waals surface area contributed by atoms with Crippen molar-refractivity contribution < 1.29 is 4.74 Å². The highest BCUT2D eigenvalue weighted by molar-refractivity contribution is 9.10. The monoisotopic (exact) mass is 256 g/mol. The first-order valence-corrected chi connectivity index (χ1v) is 5.60. The van der Waals surface area contributed by atoms with E-state index in [1.165, 1.54) is 12.8 Å². The minimum absolute atomic E-state index is 0.508. The van der Waals surface area contributed by atoms with Gasteiger partial charge in [-0.15, -0.1) is 0 Å². The Hall–Kier alpha value is -0.610. The maximum Gasteiger partial charge on any atom is 0.138 e. The molecule has 14 heavy (non-hydrogen) atoms. The van der Waals surface area contributed by atoms with Crippen LogP contribution >= 0.6 is 15.9 Å². The molecule has 0 aromatic carbocycles. The van der Waals surface area contributed by atoms with E-state index in [2.05, 4.69) is 26.2 Å². The fourth-order valence-corrected chi connectivity index (χ4v) is 1.91. The van der Waals surface area contributed by atoms with Crippen molar-refractivity contribution in [2.24, 2.45) is 0 Å². The zero-order valence-electron chi connectivity index (χ0n) is 7.87. The minimum atomic E-state index is 0.508. The van der Waals surface area contributed by atoms with Crippen LogP contribution in [0.4, 0.5) is 0 Å². The summed E-state index contributed by atoms with van der Waals surface area (Å²) in [5, 5.41) is 3.38. The first kappa shape index (κ1) is 9.93. The van der Waals surface area contributed by atoms with Gasteiger partial charge in [-0.05, 0) is 41.4 Å². The van der Waals surface area contributed by atoms with Crippen LogP contribution in [0, 0.1) is 0 Å². The summed E-state index contributed by atoms with van der Waals surface area (Å²) in [7, 11) is 0. The summed E-state index contributed by atoms with van der Waals surface area (Å²) < 4.78 is 6.57. The van der Waals surface area contributed by atoms with Gasteiger partial charge < -0.3 is 10.1 Å². The summed E-state index contributed by atoms with van der Waals surface area (Å²) in [6.07, 6.45) is 5.95. The van der Waals surface area contributed by atoms with Gasteiger partial charge >= 0.3 is 0 Å². The number of hydrogen-bond donors (Lipinski definition) is 1. The lowest BCUT2D eigenvalue weighted by molar-refractivity contribution is 0.276. The van der Waals surface area contributed by atoms with Crippen LogP contribution in [0.1, 0.15) is 12.8 Å². The van der Waals surface area contributed by atoms with Gasteiger partial charge in [-0.25, -0.2) is 0 Å².